The summed E-state index contributed by atoms with van der Waals surface area (Å²) in [7, 11) is 0. The zero-order valence-electron chi connectivity index (χ0n) is 11.2. The van der Waals surface area contributed by atoms with Crippen LogP contribution in [0.15, 0.2) is 47.0 Å². The summed E-state index contributed by atoms with van der Waals surface area (Å²) in [4.78, 5) is 0. The molecule has 0 saturated heterocycles. The topological polar surface area (TPSA) is 52.0 Å². The highest BCUT2D eigenvalue weighted by molar-refractivity contribution is 5.87. The van der Waals surface area contributed by atoms with Crippen molar-refractivity contribution < 1.29 is 13.3 Å². The molecule has 0 bridgehead atoms. The number of nitrogens with zero attached hydrogens (tertiary/aromatic N) is 1. The van der Waals surface area contributed by atoms with Gasteiger partial charge in [0.1, 0.15) is 17.3 Å². The molecular weight excluding hydrogens is 274 g/mol. The molecule has 0 radical (unpaired) electrons. The summed E-state index contributed by atoms with van der Waals surface area (Å²) in [5.41, 5.74) is 8.27. The van der Waals surface area contributed by atoms with Gasteiger partial charge in [0.25, 0.3) is 0 Å². The molecule has 106 valence electrons. The standard InChI is InChI=1S/C16H12F2N2O/c1-9-2-4-10(5-3-9)14-15(20-21-16(14)19)12-8-11(17)6-7-13(12)18/h2-8H,19H2,1H3. The quantitative estimate of drug-likeness (QED) is 0.769. The van der Waals surface area contributed by atoms with Crippen molar-refractivity contribution in [2.45, 2.75) is 6.92 Å². The normalized spacial score (nSPS) is 10.8. The van der Waals surface area contributed by atoms with Crippen molar-refractivity contribution in [2.75, 3.05) is 5.73 Å². The minimum atomic E-state index is -0.585. The smallest absolute Gasteiger partial charge is 0.230 e. The molecule has 0 spiro atoms. The van der Waals surface area contributed by atoms with Gasteiger partial charge in [0, 0.05) is 5.56 Å². The summed E-state index contributed by atoms with van der Waals surface area (Å²) >= 11 is 0. The lowest BCUT2D eigenvalue weighted by molar-refractivity contribution is 0.439. The van der Waals surface area contributed by atoms with Crippen LogP contribution in [0.1, 0.15) is 5.56 Å². The monoisotopic (exact) mass is 286 g/mol. The molecule has 3 aromatic rings. The van der Waals surface area contributed by atoms with E-state index in [1.165, 1.54) is 0 Å². The number of hydrogen-bond acceptors (Lipinski definition) is 3. The van der Waals surface area contributed by atoms with E-state index < -0.39 is 11.6 Å². The fourth-order valence-electron chi connectivity index (χ4n) is 2.16. The maximum absolute atomic E-state index is 13.9. The number of nitrogens with two attached hydrogens (primary N) is 1. The largest absolute Gasteiger partial charge is 0.367 e. The molecule has 1 heterocycles. The van der Waals surface area contributed by atoms with Crippen LogP contribution in [0.4, 0.5) is 14.7 Å². The van der Waals surface area contributed by atoms with Crippen LogP contribution in [0, 0.1) is 18.6 Å². The Bertz CT molecular complexity index is 795. The van der Waals surface area contributed by atoms with Crippen LogP contribution < -0.4 is 5.73 Å². The number of benzene rings is 2. The molecule has 0 unspecified atom stereocenters. The fraction of sp³-hybridized carbons (Fsp3) is 0.0625. The van der Waals surface area contributed by atoms with Gasteiger partial charge in [-0.15, -0.1) is 0 Å². The van der Waals surface area contributed by atoms with Crippen molar-refractivity contribution in [1.29, 1.82) is 0 Å². The van der Waals surface area contributed by atoms with Gasteiger partial charge in [0.2, 0.25) is 5.88 Å². The summed E-state index contributed by atoms with van der Waals surface area (Å²) in [6.45, 7) is 1.95. The van der Waals surface area contributed by atoms with E-state index in [1.54, 1.807) is 0 Å². The second-order valence-corrected chi connectivity index (χ2v) is 4.76. The minimum Gasteiger partial charge on any atom is -0.367 e. The minimum absolute atomic E-state index is 0.0195. The van der Waals surface area contributed by atoms with Crippen LogP contribution in [0.2, 0.25) is 0 Å². The Labute approximate surface area is 120 Å². The Hall–Kier alpha value is -2.69. The van der Waals surface area contributed by atoms with Crippen LogP contribution >= 0.6 is 0 Å². The summed E-state index contributed by atoms with van der Waals surface area (Å²) in [6.07, 6.45) is 0. The van der Waals surface area contributed by atoms with Gasteiger partial charge in [0.15, 0.2) is 0 Å². The van der Waals surface area contributed by atoms with E-state index in [2.05, 4.69) is 5.16 Å². The van der Waals surface area contributed by atoms with E-state index >= 15 is 0 Å². The number of nitrogen functional groups attached to an aromatic ring is 1. The van der Waals surface area contributed by atoms with Gasteiger partial charge < -0.3 is 10.3 Å². The van der Waals surface area contributed by atoms with Crippen molar-refractivity contribution in [2.24, 2.45) is 0 Å². The average molecular weight is 286 g/mol. The molecule has 0 aliphatic heterocycles. The van der Waals surface area contributed by atoms with Crippen LogP contribution in [0.3, 0.4) is 0 Å². The second kappa shape index (κ2) is 5.01. The number of rotatable bonds is 2. The maximum atomic E-state index is 13.9. The Morgan fingerprint density at radius 3 is 2.48 bits per heavy atom. The van der Waals surface area contributed by atoms with Crippen LogP contribution in [-0.2, 0) is 0 Å². The molecule has 1 aromatic heterocycles. The van der Waals surface area contributed by atoms with Crippen molar-refractivity contribution in [3.05, 3.63) is 59.7 Å². The van der Waals surface area contributed by atoms with E-state index in [0.717, 1.165) is 29.3 Å². The molecule has 0 amide bonds. The number of aryl methyl sites for hydroxylation is 1. The van der Waals surface area contributed by atoms with Gasteiger partial charge in [-0.3, -0.25) is 0 Å². The van der Waals surface area contributed by atoms with Crippen LogP contribution in [0.5, 0.6) is 0 Å². The third-order valence-corrected chi connectivity index (χ3v) is 3.24. The summed E-state index contributed by atoms with van der Waals surface area (Å²) in [5.74, 6) is -1.07. The second-order valence-electron chi connectivity index (χ2n) is 4.76. The van der Waals surface area contributed by atoms with Crippen molar-refractivity contribution in [3.63, 3.8) is 0 Å². The Balaban J connectivity index is 2.21. The summed E-state index contributed by atoms with van der Waals surface area (Å²) in [6, 6.07) is 10.6. The third kappa shape index (κ3) is 2.38. The number of aromatic nitrogens is 1. The zero-order chi connectivity index (χ0) is 15.0. The molecule has 2 N–H and O–H groups in total. The van der Waals surface area contributed by atoms with E-state index in [0.29, 0.717) is 5.56 Å². The highest BCUT2D eigenvalue weighted by atomic mass is 19.1. The Kier molecular flexibility index (Phi) is 3.17. The number of halogens is 2. The molecule has 0 aliphatic carbocycles. The summed E-state index contributed by atoms with van der Waals surface area (Å²) in [5, 5.41) is 3.78. The van der Waals surface area contributed by atoms with Gasteiger partial charge in [0.05, 0.1) is 5.56 Å². The first-order chi connectivity index (χ1) is 10.1. The molecule has 0 atom stereocenters. The molecule has 0 fully saturated rings. The van der Waals surface area contributed by atoms with Crippen molar-refractivity contribution >= 4 is 5.88 Å². The lowest BCUT2D eigenvalue weighted by Gasteiger charge is -2.05. The number of anilines is 1. The third-order valence-electron chi connectivity index (χ3n) is 3.24. The zero-order valence-corrected chi connectivity index (χ0v) is 11.2. The molecule has 0 aliphatic rings. The van der Waals surface area contributed by atoms with Crippen LogP contribution in [-0.4, -0.2) is 5.16 Å². The predicted molar refractivity (Wildman–Crippen MR) is 76.4 cm³/mol. The van der Waals surface area contributed by atoms with E-state index in [-0.39, 0.29) is 17.1 Å². The highest BCUT2D eigenvalue weighted by Gasteiger charge is 2.20. The van der Waals surface area contributed by atoms with E-state index in [4.69, 9.17) is 10.3 Å². The van der Waals surface area contributed by atoms with Crippen molar-refractivity contribution in [3.8, 4) is 22.4 Å². The summed E-state index contributed by atoms with van der Waals surface area (Å²) < 4.78 is 32.3. The van der Waals surface area contributed by atoms with Gasteiger partial charge in [-0.2, -0.15) is 0 Å². The van der Waals surface area contributed by atoms with Crippen LogP contribution in [0.25, 0.3) is 22.4 Å². The number of hydrogen-bond donors (Lipinski definition) is 1. The molecule has 5 heteroatoms. The molecule has 21 heavy (non-hydrogen) atoms. The lowest BCUT2D eigenvalue weighted by Crippen LogP contribution is -1.91. The maximum Gasteiger partial charge on any atom is 0.230 e. The van der Waals surface area contributed by atoms with Gasteiger partial charge in [-0.25, -0.2) is 8.78 Å². The Morgan fingerprint density at radius 1 is 1.05 bits per heavy atom. The van der Waals surface area contributed by atoms with Crippen molar-refractivity contribution in [1.82, 2.24) is 5.16 Å². The Morgan fingerprint density at radius 2 is 1.76 bits per heavy atom. The lowest BCUT2D eigenvalue weighted by atomic mass is 10.00. The first kappa shape index (κ1) is 13.3. The van der Waals surface area contributed by atoms with Gasteiger partial charge in [-0.1, -0.05) is 35.0 Å². The molecular formula is C16H12F2N2O. The SMILES string of the molecule is Cc1ccc(-c2c(-c3cc(F)ccc3F)noc2N)cc1. The first-order valence-corrected chi connectivity index (χ1v) is 6.34. The molecule has 3 nitrogen and oxygen atoms in total. The molecule has 0 saturated carbocycles. The first-order valence-electron chi connectivity index (χ1n) is 6.34. The highest BCUT2D eigenvalue weighted by Crippen LogP contribution is 2.37. The fourth-order valence-corrected chi connectivity index (χ4v) is 2.16. The molecule has 3 rings (SSSR count). The predicted octanol–water partition coefficient (Wildman–Crippen LogP) is 4.18. The van der Waals surface area contributed by atoms with E-state index in [9.17, 15) is 8.78 Å². The van der Waals surface area contributed by atoms with Gasteiger partial charge >= 0.3 is 0 Å². The van der Waals surface area contributed by atoms with E-state index in [1.807, 2.05) is 31.2 Å². The van der Waals surface area contributed by atoms with Gasteiger partial charge in [-0.05, 0) is 30.7 Å². The average Bonchev–Trinajstić information content (AvgIpc) is 2.84. The molecule has 2 aromatic carbocycles.